The smallest absolute Gasteiger partial charge is 0.158 e. The molecule has 8 bridgehead atoms. The second-order valence-electron chi connectivity index (χ2n) is 7.37. The van der Waals surface area contributed by atoms with Crippen molar-refractivity contribution >= 4 is 69.7 Å². The van der Waals surface area contributed by atoms with Crippen molar-refractivity contribution in [2.24, 2.45) is 0 Å². The fraction of sp³-hybridized carbons (Fsp3) is 0.200. The highest BCUT2D eigenvalue weighted by Crippen LogP contribution is 2.40. The Morgan fingerprint density at radius 1 is 0.441 bits per heavy atom. The van der Waals surface area contributed by atoms with Crippen LogP contribution in [0.3, 0.4) is 0 Å². The van der Waals surface area contributed by atoms with Crippen molar-refractivity contribution in [2.75, 3.05) is 47.8 Å². The van der Waals surface area contributed by atoms with Crippen LogP contribution >= 0.6 is 23.2 Å². The van der Waals surface area contributed by atoms with E-state index >= 15 is 0 Å². The first-order valence-electron chi connectivity index (χ1n) is 9.96. The van der Waals surface area contributed by atoms with Crippen LogP contribution in [0.15, 0.2) is 37.4 Å². The second kappa shape index (κ2) is 8.47. The second-order valence-corrected chi connectivity index (χ2v) is 8.13. The third-order valence-electron chi connectivity index (χ3n) is 5.43. The summed E-state index contributed by atoms with van der Waals surface area (Å²) in [5.74, 6) is 4.10. The molecular weight excluding hydrogens is 479 g/mol. The Bertz CT molecular complexity index is 1280. The molecule has 0 aromatic carbocycles. The van der Waals surface area contributed by atoms with Crippen molar-refractivity contribution in [2.45, 2.75) is 0 Å². The van der Waals surface area contributed by atoms with Crippen LogP contribution in [0.5, 0.6) is 0 Å². The highest BCUT2D eigenvalue weighted by atomic mass is 35.5. The van der Waals surface area contributed by atoms with Gasteiger partial charge in [0.05, 0.1) is 0 Å². The molecule has 12 nitrogen and oxygen atoms in total. The van der Waals surface area contributed by atoms with Gasteiger partial charge in [0, 0.05) is 40.3 Å². The topological polar surface area (TPSA) is 116 Å². The van der Waals surface area contributed by atoms with Crippen molar-refractivity contribution in [3.05, 3.63) is 47.5 Å². The largest absolute Gasteiger partial charge is 0.314 e. The lowest BCUT2D eigenvalue weighted by Gasteiger charge is -2.26. The normalized spacial score (nSPS) is 13.4. The molecule has 0 N–H and O–H groups in total. The molecule has 0 unspecified atom stereocenters. The van der Waals surface area contributed by atoms with Crippen molar-refractivity contribution in [3.8, 4) is 0 Å². The minimum absolute atomic E-state index is 0.297. The van der Waals surface area contributed by atoms with E-state index in [1.54, 1.807) is 35.8 Å². The Morgan fingerprint density at radius 3 is 1.12 bits per heavy atom. The van der Waals surface area contributed by atoms with E-state index in [1.807, 2.05) is 24.1 Å². The van der Waals surface area contributed by atoms with Gasteiger partial charge in [0.2, 0.25) is 0 Å². The molecule has 4 aromatic rings. The summed E-state index contributed by atoms with van der Waals surface area (Å²) >= 11 is 13.5. The van der Waals surface area contributed by atoms with E-state index in [9.17, 15) is 0 Å². The molecule has 14 heteroatoms. The lowest BCUT2D eigenvalue weighted by atomic mass is 10.3. The van der Waals surface area contributed by atoms with Crippen LogP contribution in [0, 0.1) is 0 Å². The molecule has 0 fully saturated rings. The van der Waals surface area contributed by atoms with Crippen LogP contribution in [0.4, 0.5) is 46.5 Å². The molecule has 0 amide bonds. The maximum atomic E-state index is 6.77. The van der Waals surface area contributed by atoms with Gasteiger partial charge < -0.3 is 19.6 Å². The zero-order valence-electron chi connectivity index (χ0n) is 18.6. The van der Waals surface area contributed by atoms with Crippen LogP contribution in [0.2, 0.25) is 10.0 Å². The van der Waals surface area contributed by atoms with E-state index in [2.05, 4.69) is 39.9 Å². The van der Waals surface area contributed by atoms with Gasteiger partial charge >= 0.3 is 0 Å². The Hall–Kier alpha value is -3.90. The fourth-order valence-corrected chi connectivity index (χ4v) is 4.18. The Labute approximate surface area is 204 Å². The van der Waals surface area contributed by atoms with Gasteiger partial charge in [-0.15, -0.1) is 0 Å². The van der Waals surface area contributed by atoms with Crippen LogP contribution < -0.4 is 19.6 Å². The van der Waals surface area contributed by atoms with Gasteiger partial charge in [-0.05, 0) is 0 Å². The van der Waals surface area contributed by atoms with Gasteiger partial charge in [-0.3, -0.25) is 0 Å². The first kappa shape index (κ1) is 21.9. The van der Waals surface area contributed by atoms with Crippen molar-refractivity contribution in [3.63, 3.8) is 0 Å². The van der Waals surface area contributed by atoms with E-state index in [-0.39, 0.29) is 0 Å². The highest BCUT2D eigenvalue weighted by Gasteiger charge is 2.24. The van der Waals surface area contributed by atoms with Crippen molar-refractivity contribution in [1.82, 2.24) is 39.9 Å². The molecule has 172 valence electrons. The Balaban J connectivity index is 1.78. The summed E-state index contributed by atoms with van der Waals surface area (Å²) in [6, 6.07) is 3.61. The number of hydrogen-bond acceptors (Lipinski definition) is 12. The number of nitrogens with zero attached hydrogens (tertiary/aromatic N) is 12. The molecule has 0 radical (unpaired) electrons. The van der Waals surface area contributed by atoms with Crippen LogP contribution in [-0.4, -0.2) is 68.1 Å². The molecular formula is C20H18Cl2N12. The quantitative estimate of drug-likeness (QED) is 0.354. The van der Waals surface area contributed by atoms with Crippen LogP contribution in [0.1, 0.15) is 0 Å². The number of hydrogen-bond donors (Lipinski definition) is 0. The average Bonchev–Trinajstić information content (AvgIpc) is 2.87. The molecule has 4 aromatic heterocycles. The summed E-state index contributed by atoms with van der Waals surface area (Å²) < 4.78 is 0. The third kappa shape index (κ3) is 3.56. The molecule has 1 aliphatic heterocycles. The summed E-state index contributed by atoms with van der Waals surface area (Å²) in [6.07, 6.45) is 5.77. The van der Waals surface area contributed by atoms with Gasteiger partial charge in [0.15, 0.2) is 23.3 Å². The monoisotopic (exact) mass is 496 g/mol. The summed E-state index contributed by atoms with van der Waals surface area (Å²) in [5, 5.41) is 0.595. The van der Waals surface area contributed by atoms with Gasteiger partial charge in [0.1, 0.15) is 58.6 Å². The number of rotatable bonds is 0. The minimum atomic E-state index is 0.297. The standard InChI is InChI=1S/C20H18Cl2N12/c1-31-11-5-13(25-7-23-11)32(2)17-15(21)19(29-9-27-17)34(4)20-16(22)18(28-10-30-20)33(3)14-6-12(31)24-8-26-14/h5-10H,1-4H3. The molecule has 5 heterocycles. The van der Waals surface area contributed by atoms with E-state index < -0.39 is 0 Å². The maximum absolute atomic E-state index is 6.77. The zero-order valence-corrected chi connectivity index (χ0v) is 20.1. The van der Waals surface area contributed by atoms with E-state index in [0.29, 0.717) is 56.6 Å². The summed E-state index contributed by atoms with van der Waals surface area (Å²) in [4.78, 5) is 42.1. The summed E-state index contributed by atoms with van der Waals surface area (Å²) in [6.45, 7) is 0. The first-order valence-corrected chi connectivity index (χ1v) is 10.7. The minimum Gasteiger partial charge on any atom is -0.314 e. The number of anilines is 8. The predicted molar refractivity (Wildman–Crippen MR) is 130 cm³/mol. The number of aromatic nitrogens is 8. The van der Waals surface area contributed by atoms with Crippen molar-refractivity contribution in [1.29, 1.82) is 0 Å². The molecule has 5 rings (SSSR count). The number of halogens is 2. The van der Waals surface area contributed by atoms with E-state index in [1.165, 1.54) is 25.3 Å². The fourth-order valence-electron chi connectivity index (χ4n) is 3.48. The average molecular weight is 497 g/mol. The van der Waals surface area contributed by atoms with E-state index in [0.717, 1.165) is 0 Å². The van der Waals surface area contributed by atoms with Gasteiger partial charge in [-0.2, -0.15) is 0 Å². The maximum Gasteiger partial charge on any atom is 0.158 e. The lowest BCUT2D eigenvalue weighted by Crippen LogP contribution is -2.21. The van der Waals surface area contributed by atoms with Crippen LogP contribution in [-0.2, 0) is 0 Å². The zero-order chi connectivity index (χ0) is 24.0. The van der Waals surface area contributed by atoms with Gasteiger partial charge in [-0.25, -0.2) is 39.9 Å². The molecule has 0 spiro atoms. The van der Waals surface area contributed by atoms with Crippen LogP contribution in [0.25, 0.3) is 0 Å². The Kier molecular flexibility index (Phi) is 5.46. The molecule has 34 heavy (non-hydrogen) atoms. The molecule has 0 aliphatic carbocycles. The third-order valence-corrected chi connectivity index (χ3v) is 6.10. The number of fused-ring (bicyclic) bond motifs is 8. The molecule has 0 saturated heterocycles. The molecule has 0 saturated carbocycles. The summed E-state index contributed by atoms with van der Waals surface area (Å²) in [7, 11) is 7.23. The van der Waals surface area contributed by atoms with Crippen molar-refractivity contribution < 1.29 is 0 Å². The van der Waals surface area contributed by atoms with E-state index in [4.69, 9.17) is 23.2 Å². The first-order chi connectivity index (χ1) is 16.4. The highest BCUT2D eigenvalue weighted by molar-refractivity contribution is 6.37. The van der Waals surface area contributed by atoms with Gasteiger partial charge in [0.25, 0.3) is 0 Å². The molecule has 1 aliphatic rings. The van der Waals surface area contributed by atoms with Gasteiger partial charge in [-0.1, -0.05) is 23.2 Å². The molecule has 0 atom stereocenters. The predicted octanol–water partition coefficient (Wildman–Crippen LogP) is 3.54. The summed E-state index contributed by atoms with van der Waals surface area (Å²) in [5.41, 5.74) is 0. The Morgan fingerprint density at radius 2 is 0.735 bits per heavy atom. The SMILES string of the molecule is CN1c2cc(ncn2)N(C)c2ncnc(c2Cl)N(C)c2ncnc(c2Cl)N(C)c2cc1ncn2. The lowest BCUT2D eigenvalue weighted by molar-refractivity contribution is 0.970.